The van der Waals surface area contributed by atoms with Crippen molar-refractivity contribution in [1.29, 1.82) is 0 Å². The number of rotatable bonds is 5. The number of hydrogen-bond acceptors (Lipinski definition) is 3. The van der Waals surface area contributed by atoms with E-state index in [2.05, 4.69) is 6.07 Å². The number of carbonyl (C=O) groups is 1. The van der Waals surface area contributed by atoms with Gasteiger partial charge in [-0.3, -0.25) is 0 Å². The molecule has 0 aromatic heterocycles. The SMILES string of the molecule is CC(C)(C)OC(=O)[AsH]c1cccc2ccc(OCc3ccccc3)cc12. The molecule has 0 aliphatic heterocycles. The van der Waals surface area contributed by atoms with Gasteiger partial charge in [0, 0.05) is 0 Å². The molecule has 0 heterocycles. The first kappa shape index (κ1) is 18.5. The van der Waals surface area contributed by atoms with Gasteiger partial charge >= 0.3 is 161 Å². The molecule has 0 saturated carbocycles. The van der Waals surface area contributed by atoms with Crippen LogP contribution in [0.4, 0.5) is 4.79 Å². The summed E-state index contributed by atoms with van der Waals surface area (Å²) in [6.45, 7) is 6.22. The Bertz CT molecular complexity index is 898. The molecule has 3 rings (SSSR count). The molecule has 134 valence electrons. The van der Waals surface area contributed by atoms with E-state index in [4.69, 9.17) is 9.47 Å². The van der Waals surface area contributed by atoms with E-state index in [1.807, 2.05) is 81.4 Å². The van der Waals surface area contributed by atoms with Crippen molar-refractivity contribution in [2.24, 2.45) is 0 Å². The second-order valence-corrected chi connectivity index (χ2v) is 9.60. The second kappa shape index (κ2) is 7.97. The van der Waals surface area contributed by atoms with E-state index in [1.54, 1.807) is 0 Å². The van der Waals surface area contributed by atoms with Crippen molar-refractivity contribution in [3.63, 3.8) is 0 Å². The molecule has 0 saturated heterocycles. The molecule has 0 radical (unpaired) electrons. The summed E-state index contributed by atoms with van der Waals surface area (Å²) in [5.41, 5.74) is 0.679. The molecule has 26 heavy (non-hydrogen) atoms. The number of benzene rings is 3. The van der Waals surface area contributed by atoms with Gasteiger partial charge in [-0.2, -0.15) is 0 Å². The summed E-state index contributed by atoms with van der Waals surface area (Å²) >= 11 is -1.04. The van der Waals surface area contributed by atoms with E-state index in [1.165, 1.54) is 0 Å². The van der Waals surface area contributed by atoms with Crippen molar-refractivity contribution in [2.45, 2.75) is 33.0 Å². The predicted molar refractivity (Wildman–Crippen MR) is 108 cm³/mol. The quantitative estimate of drug-likeness (QED) is 0.585. The molecule has 1 unspecified atom stereocenters. The Labute approximate surface area is 161 Å². The van der Waals surface area contributed by atoms with Crippen LogP contribution in [0.15, 0.2) is 66.7 Å². The number of ether oxygens (including phenoxy) is 2. The summed E-state index contributed by atoms with van der Waals surface area (Å²) in [5, 5.41) is 2.19. The Morgan fingerprint density at radius 2 is 1.73 bits per heavy atom. The Morgan fingerprint density at radius 3 is 2.46 bits per heavy atom. The van der Waals surface area contributed by atoms with Gasteiger partial charge < -0.3 is 0 Å². The van der Waals surface area contributed by atoms with Gasteiger partial charge in [0.15, 0.2) is 0 Å². The van der Waals surface area contributed by atoms with Gasteiger partial charge in [0.1, 0.15) is 0 Å². The molecule has 0 aliphatic rings. The summed E-state index contributed by atoms with van der Waals surface area (Å²) in [6, 6.07) is 22.2. The van der Waals surface area contributed by atoms with Crippen LogP contribution < -0.4 is 9.09 Å². The fourth-order valence-electron chi connectivity index (χ4n) is 2.61. The summed E-state index contributed by atoms with van der Waals surface area (Å²) in [6.07, 6.45) is 0. The summed E-state index contributed by atoms with van der Waals surface area (Å²) in [5.74, 6) is 0.810. The topological polar surface area (TPSA) is 35.5 Å². The van der Waals surface area contributed by atoms with Crippen molar-refractivity contribution in [3.8, 4) is 5.75 Å². The third-order valence-corrected chi connectivity index (χ3v) is 5.86. The first-order valence-electron chi connectivity index (χ1n) is 8.60. The zero-order valence-electron chi connectivity index (χ0n) is 15.3. The summed E-state index contributed by atoms with van der Waals surface area (Å²) in [4.78, 5) is 12.3. The summed E-state index contributed by atoms with van der Waals surface area (Å²) < 4.78 is 12.4. The molecule has 1 atom stereocenters. The van der Waals surface area contributed by atoms with Crippen molar-refractivity contribution in [1.82, 2.24) is 0 Å². The third-order valence-electron chi connectivity index (χ3n) is 3.74. The van der Waals surface area contributed by atoms with E-state index in [0.717, 1.165) is 26.4 Å². The Hall–Kier alpha value is -2.25. The molecule has 0 aliphatic carbocycles. The second-order valence-electron chi connectivity index (χ2n) is 7.09. The van der Waals surface area contributed by atoms with Crippen LogP contribution in [-0.4, -0.2) is 26.1 Å². The molecule has 0 bridgehead atoms. The van der Waals surface area contributed by atoms with Gasteiger partial charge in [0.2, 0.25) is 0 Å². The molecular weight excluding hydrogens is 387 g/mol. The minimum atomic E-state index is -1.04. The van der Waals surface area contributed by atoms with Crippen LogP contribution in [0.3, 0.4) is 0 Å². The molecule has 3 aromatic rings. The first-order valence-corrected chi connectivity index (χ1v) is 10.7. The first-order chi connectivity index (χ1) is 12.4. The monoisotopic (exact) mass is 410 g/mol. The zero-order valence-corrected chi connectivity index (χ0v) is 17.4. The normalized spacial score (nSPS) is 11.8. The third kappa shape index (κ3) is 5.12. The van der Waals surface area contributed by atoms with Crippen LogP contribution in [0, 0.1) is 0 Å². The van der Waals surface area contributed by atoms with Crippen LogP contribution in [0.1, 0.15) is 26.3 Å². The number of fused-ring (bicyclic) bond motifs is 1. The average Bonchev–Trinajstić information content (AvgIpc) is 2.59. The Morgan fingerprint density at radius 1 is 0.962 bits per heavy atom. The average molecular weight is 410 g/mol. The molecule has 0 spiro atoms. The van der Waals surface area contributed by atoms with Gasteiger partial charge in [0.05, 0.1) is 0 Å². The predicted octanol–water partition coefficient (Wildman–Crippen LogP) is 4.42. The van der Waals surface area contributed by atoms with Crippen LogP contribution in [-0.2, 0) is 11.3 Å². The van der Waals surface area contributed by atoms with Crippen LogP contribution >= 0.6 is 0 Å². The van der Waals surface area contributed by atoms with E-state index >= 15 is 0 Å². The fourth-order valence-corrected chi connectivity index (χ4v) is 4.93. The van der Waals surface area contributed by atoms with Crippen molar-refractivity contribution in [2.75, 3.05) is 0 Å². The van der Waals surface area contributed by atoms with Gasteiger partial charge in [-0.15, -0.1) is 0 Å². The van der Waals surface area contributed by atoms with Crippen molar-refractivity contribution in [3.05, 3.63) is 72.3 Å². The van der Waals surface area contributed by atoms with Crippen LogP contribution in [0.25, 0.3) is 10.8 Å². The van der Waals surface area contributed by atoms with Crippen molar-refractivity contribution < 1.29 is 14.3 Å². The van der Waals surface area contributed by atoms with Gasteiger partial charge in [-0.05, 0) is 0 Å². The van der Waals surface area contributed by atoms with Crippen LogP contribution in [0.5, 0.6) is 5.75 Å². The van der Waals surface area contributed by atoms with Crippen molar-refractivity contribution >= 4 is 35.6 Å². The van der Waals surface area contributed by atoms with E-state index in [0.29, 0.717) is 6.61 Å². The molecule has 0 N–H and O–H groups in total. The standard InChI is InChI=1S/C22H23AsO3/c1-22(2,3)26-21(24)23-20-11-7-10-17-12-13-18(14-19(17)20)25-15-16-8-5-4-6-9-16/h4-14,23H,15H2,1-3H3. The number of hydrogen-bond donors (Lipinski definition) is 0. The molecular formula is C22H23AsO3. The fraction of sp³-hybridized carbons (Fsp3) is 0.227. The Balaban J connectivity index is 1.80. The van der Waals surface area contributed by atoms with Gasteiger partial charge in [0.25, 0.3) is 0 Å². The van der Waals surface area contributed by atoms with E-state index in [9.17, 15) is 4.79 Å². The van der Waals surface area contributed by atoms with Gasteiger partial charge in [-0.1, -0.05) is 0 Å². The molecule has 3 nitrogen and oxygen atoms in total. The maximum atomic E-state index is 12.3. The van der Waals surface area contributed by atoms with E-state index in [-0.39, 0.29) is 4.76 Å². The van der Waals surface area contributed by atoms with Gasteiger partial charge in [-0.25, -0.2) is 0 Å². The molecule has 3 aromatic carbocycles. The van der Waals surface area contributed by atoms with E-state index < -0.39 is 21.4 Å². The Kier molecular flexibility index (Phi) is 5.68. The maximum absolute atomic E-state index is 12.3. The minimum absolute atomic E-state index is 0.0967. The molecule has 0 fully saturated rings. The summed E-state index contributed by atoms with van der Waals surface area (Å²) in [7, 11) is 0. The molecule has 4 heteroatoms. The number of carbonyl (C=O) groups excluding carboxylic acids is 1. The molecule has 0 amide bonds. The zero-order chi connectivity index (χ0) is 18.6. The van der Waals surface area contributed by atoms with Crippen LogP contribution in [0.2, 0.25) is 0 Å².